The highest BCUT2D eigenvalue weighted by molar-refractivity contribution is 5.29. The van der Waals surface area contributed by atoms with Crippen LogP contribution in [0.1, 0.15) is 24.4 Å². The van der Waals surface area contributed by atoms with E-state index in [0.717, 1.165) is 6.54 Å². The number of nitrogens with zero attached hydrogens (tertiary/aromatic N) is 1. The van der Waals surface area contributed by atoms with E-state index in [4.69, 9.17) is 0 Å². The quantitative estimate of drug-likeness (QED) is 0.839. The molecule has 0 radical (unpaired) electrons. The summed E-state index contributed by atoms with van der Waals surface area (Å²) in [4.78, 5) is 2.39. The molecule has 1 saturated heterocycles. The van der Waals surface area contributed by atoms with Crippen LogP contribution < -0.4 is 5.32 Å². The van der Waals surface area contributed by atoms with Crippen molar-refractivity contribution in [2.45, 2.75) is 18.9 Å². The minimum atomic E-state index is 0.338. The average molecular weight is 234 g/mol. The summed E-state index contributed by atoms with van der Waals surface area (Å²) < 4.78 is 0. The Morgan fingerprint density at radius 2 is 2.29 bits per heavy atom. The molecule has 1 aromatic rings. The van der Waals surface area contributed by atoms with Gasteiger partial charge in [0.15, 0.2) is 0 Å². The third kappa shape index (κ3) is 2.99. The van der Waals surface area contributed by atoms with Crippen LogP contribution in [0.2, 0.25) is 0 Å². The monoisotopic (exact) mass is 234 g/mol. The van der Waals surface area contributed by atoms with Gasteiger partial charge < -0.3 is 15.3 Å². The molecule has 2 rings (SSSR count). The van der Waals surface area contributed by atoms with Gasteiger partial charge in [-0.15, -0.1) is 0 Å². The summed E-state index contributed by atoms with van der Waals surface area (Å²) >= 11 is 0. The fraction of sp³-hybridized carbons (Fsp3) is 0.571. The van der Waals surface area contributed by atoms with Crippen LogP contribution in [0.4, 0.5) is 0 Å². The van der Waals surface area contributed by atoms with Crippen molar-refractivity contribution in [3.8, 4) is 5.75 Å². The molecule has 2 N–H and O–H groups in total. The predicted octanol–water partition coefficient (Wildman–Crippen LogP) is 1.99. The van der Waals surface area contributed by atoms with E-state index >= 15 is 0 Å². The largest absolute Gasteiger partial charge is 0.508 e. The molecule has 0 saturated carbocycles. The smallest absolute Gasteiger partial charge is 0.115 e. The normalized spacial score (nSPS) is 23.5. The van der Waals surface area contributed by atoms with Gasteiger partial charge in [0.2, 0.25) is 0 Å². The summed E-state index contributed by atoms with van der Waals surface area (Å²) in [7, 11) is 4.19. The molecule has 2 atom stereocenters. The molecule has 17 heavy (non-hydrogen) atoms. The zero-order valence-electron chi connectivity index (χ0n) is 10.7. The van der Waals surface area contributed by atoms with E-state index < -0.39 is 0 Å². The van der Waals surface area contributed by atoms with Gasteiger partial charge in [-0.2, -0.15) is 0 Å². The molecule has 3 heteroatoms. The van der Waals surface area contributed by atoms with Crippen LogP contribution in [-0.2, 0) is 0 Å². The van der Waals surface area contributed by atoms with Gasteiger partial charge >= 0.3 is 0 Å². The number of hydrogen-bond acceptors (Lipinski definition) is 3. The number of phenols is 1. The number of hydrogen-bond donors (Lipinski definition) is 2. The van der Waals surface area contributed by atoms with E-state index in [1.165, 1.54) is 24.9 Å². The van der Waals surface area contributed by atoms with Gasteiger partial charge in [-0.3, -0.25) is 0 Å². The van der Waals surface area contributed by atoms with Crippen molar-refractivity contribution in [1.29, 1.82) is 0 Å². The average Bonchev–Trinajstić information content (AvgIpc) is 2.30. The lowest BCUT2D eigenvalue weighted by molar-refractivity contribution is 0.177. The molecule has 0 amide bonds. The Morgan fingerprint density at radius 3 is 2.94 bits per heavy atom. The molecule has 0 bridgehead atoms. The third-order valence-electron chi connectivity index (χ3n) is 3.67. The first-order valence-electron chi connectivity index (χ1n) is 6.35. The summed E-state index contributed by atoms with van der Waals surface area (Å²) in [6.07, 6.45) is 2.52. The second-order valence-corrected chi connectivity index (χ2v) is 5.03. The summed E-state index contributed by atoms with van der Waals surface area (Å²) in [5.41, 5.74) is 1.19. The molecule has 0 aromatic heterocycles. The first-order chi connectivity index (χ1) is 8.20. The summed E-state index contributed by atoms with van der Waals surface area (Å²) in [6, 6.07) is 7.94. The van der Waals surface area contributed by atoms with Gasteiger partial charge in [-0.1, -0.05) is 12.1 Å². The van der Waals surface area contributed by atoms with E-state index in [-0.39, 0.29) is 0 Å². The van der Waals surface area contributed by atoms with Gasteiger partial charge in [-0.25, -0.2) is 0 Å². The number of piperidine rings is 1. The molecule has 1 aliphatic heterocycles. The topological polar surface area (TPSA) is 35.5 Å². The molecule has 2 unspecified atom stereocenters. The Labute approximate surface area is 103 Å². The second-order valence-electron chi connectivity index (χ2n) is 5.03. The molecule has 1 heterocycles. The summed E-state index contributed by atoms with van der Waals surface area (Å²) in [5, 5.41) is 13.0. The minimum Gasteiger partial charge on any atom is -0.508 e. The van der Waals surface area contributed by atoms with Gasteiger partial charge in [0, 0.05) is 12.6 Å². The van der Waals surface area contributed by atoms with Crippen LogP contribution in [0.25, 0.3) is 0 Å². The predicted molar refractivity (Wildman–Crippen MR) is 70.1 cm³/mol. The Hall–Kier alpha value is -1.06. The maximum Gasteiger partial charge on any atom is 0.115 e. The lowest BCUT2D eigenvalue weighted by Gasteiger charge is -2.35. The molecular formula is C14H22N2O. The molecule has 1 aromatic carbocycles. The number of rotatable bonds is 3. The molecule has 0 aliphatic carbocycles. The number of aromatic hydroxyl groups is 1. The summed E-state index contributed by atoms with van der Waals surface area (Å²) in [6.45, 7) is 2.33. The Balaban J connectivity index is 2.15. The Bertz CT molecular complexity index is 367. The first kappa shape index (κ1) is 12.4. The Kier molecular flexibility index (Phi) is 4.02. The van der Waals surface area contributed by atoms with E-state index in [1.807, 2.05) is 19.2 Å². The number of likely N-dealkylation sites (tertiary alicyclic amines) is 1. The molecule has 1 aliphatic rings. The highest BCUT2D eigenvalue weighted by atomic mass is 16.3. The van der Waals surface area contributed by atoms with E-state index in [9.17, 15) is 5.11 Å². The number of phenolic OH excluding ortho intramolecular Hbond substituents is 1. The molecular weight excluding hydrogens is 212 g/mol. The maximum absolute atomic E-state index is 9.57. The first-order valence-corrected chi connectivity index (χ1v) is 6.35. The molecule has 1 fully saturated rings. The standard InChI is InChI=1S/C14H22N2O/c1-15-14(11-5-3-7-13(17)9-11)12-6-4-8-16(2)10-12/h3,5,7,9,12,14-15,17H,4,6,8,10H2,1-2H3. The van der Waals surface area contributed by atoms with Crippen molar-refractivity contribution < 1.29 is 5.11 Å². The SMILES string of the molecule is CNC(c1cccc(O)c1)C1CCCN(C)C1. The third-order valence-corrected chi connectivity index (χ3v) is 3.67. The fourth-order valence-corrected chi connectivity index (χ4v) is 2.87. The number of nitrogens with one attached hydrogen (secondary N) is 1. The molecule has 3 nitrogen and oxygen atoms in total. The van der Waals surface area contributed by atoms with Crippen LogP contribution in [0.3, 0.4) is 0 Å². The van der Waals surface area contributed by atoms with Gasteiger partial charge in [0.25, 0.3) is 0 Å². The fourth-order valence-electron chi connectivity index (χ4n) is 2.87. The number of benzene rings is 1. The van der Waals surface area contributed by atoms with Crippen LogP contribution in [-0.4, -0.2) is 37.2 Å². The highest BCUT2D eigenvalue weighted by Gasteiger charge is 2.25. The van der Waals surface area contributed by atoms with Gasteiger partial charge in [0.1, 0.15) is 5.75 Å². The van der Waals surface area contributed by atoms with Crippen molar-refractivity contribution in [3.05, 3.63) is 29.8 Å². The van der Waals surface area contributed by atoms with Gasteiger partial charge in [-0.05, 0) is 57.1 Å². The zero-order chi connectivity index (χ0) is 12.3. The van der Waals surface area contributed by atoms with Crippen molar-refractivity contribution in [3.63, 3.8) is 0 Å². The van der Waals surface area contributed by atoms with E-state index in [0.29, 0.717) is 17.7 Å². The lowest BCUT2D eigenvalue weighted by atomic mass is 9.86. The summed E-state index contributed by atoms with van der Waals surface area (Å²) in [5.74, 6) is 0.979. The van der Waals surface area contributed by atoms with Gasteiger partial charge in [0.05, 0.1) is 0 Å². The van der Waals surface area contributed by atoms with Crippen LogP contribution in [0.5, 0.6) is 5.75 Å². The van der Waals surface area contributed by atoms with Crippen LogP contribution in [0.15, 0.2) is 24.3 Å². The zero-order valence-corrected chi connectivity index (χ0v) is 10.7. The lowest BCUT2D eigenvalue weighted by Crippen LogP contribution is -2.38. The highest BCUT2D eigenvalue weighted by Crippen LogP contribution is 2.30. The van der Waals surface area contributed by atoms with Crippen molar-refractivity contribution in [2.24, 2.45) is 5.92 Å². The van der Waals surface area contributed by atoms with E-state index in [2.05, 4.69) is 23.3 Å². The maximum atomic E-state index is 9.57. The van der Waals surface area contributed by atoms with Crippen LogP contribution in [0, 0.1) is 5.92 Å². The molecule has 94 valence electrons. The second kappa shape index (κ2) is 5.52. The Morgan fingerprint density at radius 1 is 1.47 bits per heavy atom. The van der Waals surface area contributed by atoms with Crippen LogP contribution >= 0.6 is 0 Å². The van der Waals surface area contributed by atoms with Crippen molar-refractivity contribution in [2.75, 3.05) is 27.2 Å². The molecule has 0 spiro atoms. The van der Waals surface area contributed by atoms with E-state index in [1.54, 1.807) is 6.07 Å². The van der Waals surface area contributed by atoms with Crippen molar-refractivity contribution >= 4 is 0 Å². The van der Waals surface area contributed by atoms with Crippen molar-refractivity contribution in [1.82, 2.24) is 10.2 Å². The minimum absolute atomic E-state index is 0.338.